The molecule has 1 atom stereocenters. The molecule has 116 valence electrons. The van der Waals surface area contributed by atoms with E-state index in [1.807, 2.05) is 25.1 Å². The largest absolute Gasteiger partial charge is 0.481 e. The van der Waals surface area contributed by atoms with Gasteiger partial charge in [-0.05, 0) is 45.1 Å². The van der Waals surface area contributed by atoms with E-state index in [0.717, 1.165) is 49.9 Å². The molecule has 3 N–H and O–H groups in total. The average Bonchev–Trinajstić information content (AvgIpc) is 2.48. The molecule has 2 rings (SSSR count). The number of benzene rings is 1. The summed E-state index contributed by atoms with van der Waals surface area (Å²) >= 11 is 0. The second kappa shape index (κ2) is 7.31. The van der Waals surface area contributed by atoms with E-state index in [4.69, 9.17) is 10.5 Å². The topological polar surface area (TPSA) is 62.9 Å². The number of nitrogens with zero attached hydrogens (tertiary/aromatic N) is 2. The number of anilines is 2. The van der Waals surface area contributed by atoms with Crippen LogP contribution in [0.25, 0.3) is 0 Å². The summed E-state index contributed by atoms with van der Waals surface area (Å²) in [5, 5.41) is 3.35. The molecule has 21 heavy (non-hydrogen) atoms. The highest BCUT2D eigenvalue weighted by Gasteiger charge is 2.21. The minimum atomic E-state index is -0.0623. The van der Waals surface area contributed by atoms with E-state index in [-0.39, 0.29) is 6.10 Å². The number of hydrogen-bond acceptors (Lipinski definition) is 4. The van der Waals surface area contributed by atoms with Crippen LogP contribution in [0.2, 0.25) is 0 Å². The summed E-state index contributed by atoms with van der Waals surface area (Å²) in [7, 11) is 0. The summed E-state index contributed by atoms with van der Waals surface area (Å²) in [6.45, 7) is 10.5. The van der Waals surface area contributed by atoms with Crippen LogP contribution < -0.4 is 15.8 Å². The Bertz CT molecular complexity index is 497. The van der Waals surface area contributed by atoms with Gasteiger partial charge in [0, 0.05) is 18.3 Å². The Labute approximate surface area is 127 Å². The van der Waals surface area contributed by atoms with Gasteiger partial charge in [-0.25, -0.2) is 0 Å². The van der Waals surface area contributed by atoms with Gasteiger partial charge >= 0.3 is 0 Å². The lowest BCUT2D eigenvalue weighted by molar-refractivity contribution is 0.281. The van der Waals surface area contributed by atoms with Crippen molar-refractivity contribution in [2.24, 2.45) is 4.99 Å². The first-order valence-electron chi connectivity index (χ1n) is 7.74. The Morgan fingerprint density at radius 1 is 1.33 bits per heavy atom. The predicted octanol–water partition coefficient (Wildman–Crippen LogP) is 2.59. The zero-order valence-corrected chi connectivity index (χ0v) is 13.2. The van der Waals surface area contributed by atoms with Crippen LogP contribution in [0.4, 0.5) is 11.4 Å². The third-order valence-electron chi connectivity index (χ3n) is 3.77. The number of amidine groups is 1. The van der Waals surface area contributed by atoms with Crippen molar-refractivity contribution in [3.05, 3.63) is 18.2 Å². The van der Waals surface area contributed by atoms with Crippen LogP contribution in [0.5, 0.6) is 5.75 Å². The summed E-state index contributed by atoms with van der Waals surface area (Å²) in [5.74, 6) is 1.69. The van der Waals surface area contributed by atoms with Crippen molar-refractivity contribution in [3.63, 3.8) is 0 Å². The van der Waals surface area contributed by atoms with E-state index in [9.17, 15) is 0 Å². The second-order valence-corrected chi connectivity index (χ2v) is 5.29. The van der Waals surface area contributed by atoms with Crippen molar-refractivity contribution in [2.75, 3.05) is 37.2 Å². The fraction of sp³-hybridized carbons (Fsp3) is 0.562. The lowest BCUT2D eigenvalue weighted by Gasteiger charge is -2.26. The normalized spacial score (nSPS) is 19.2. The molecule has 1 unspecified atom stereocenters. The highest BCUT2D eigenvalue weighted by atomic mass is 16.5. The smallest absolute Gasteiger partial charge is 0.153 e. The number of nitrogens with one attached hydrogen (secondary N) is 1. The number of nitrogens with two attached hydrogens (primary N) is 1. The van der Waals surface area contributed by atoms with Crippen LogP contribution in [0.1, 0.15) is 27.2 Å². The van der Waals surface area contributed by atoms with Crippen molar-refractivity contribution in [1.82, 2.24) is 4.90 Å². The van der Waals surface area contributed by atoms with E-state index in [2.05, 4.69) is 29.1 Å². The maximum atomic E-state index is 5.86. The Morgan fingerprint density at radius 2 is 2.10 bits per heavy atom. The second-order valence-electron chi connectivity index (χ2n) is 5.29. The molecular weight excluding hydrogens is 264 g/mol. The Kier molecular flexibility index (Phi) is 5.44. The zero-order chi connectivity index (χ0) is 15.2. The van der Waals surface area contributed by atoms with Gasteiger partial charge in [0.15, 0.2) is 6.10 Å². The first kappa shape index (κ1) is 15.6. The predicted molar refractivity (Wildman–Crippen MR) is 89.3 cm³/mol. The van der Waals surface area contributed by atoms with Crippen LogP contribution in [-0.2, 0) is 0 Å². The zero-order valence-electron chi connectivity index (χ0n) is 13.2. The van der Waals surface area contributed by atoms with Crippen molar-refractivity contribution in [1.29, 1.82) is 0 Å². The molecule has 0 aromatic heterocycles. The fourth-order valence-electron chi connectivity index (χ4n) is 2.43. The van der Waals surface area contributed by atoms with Gasteiger partial charge in [0.05, 0.1) is 5.69 Å². The summed E-state index contributed by atoms with van der Waals surface area (Å²) in [6.07, 6.45) is 1.00. The number of fused-ring (bicyclic) bond motifs is 1. The molecule has 1 aromatic carbocycles. The van der Waals surface area contributed by atoms with E-state index in [1.54, 1.807) is 0 Å². The minimum Gasteiger partial charge on any atom is -0.481 e. The first-order valence-corrected chi connectivity index (χ1v) is 7.74. The van der Waals surface area contributed by atoms with Crippen LogP contribution in [0.3, 0.4) is 0 Å². The molecule has 0 bridgehead atoms. The van der Waals surface area contributed by atoms with Crippen molar-refractivity contribution in [2.45, 2.75) is 33.3 Å². The Balaban J connectivity index is 1.92. The van der Waals surface area contributed by atoms with Crippen molar-refractivity contribution < 1.29 is 4.74 Å². The van der Waals surface area contributed by atoms with Crippen molar-refractivity contribution >= 4 is 17.2 Å². The molecule has 0 saturated heterocycles. The standard InChI is InChI=1S/C16H26N4O/c1-4-20(5-2)10-6-9-18-16-12(3)21-15-11-13(17)7-8-14(15)19-16/h7-8,11-12H,4-6,9-10,17H2,1-3H3,(H,18,19). The van der Waals surface area contributed by atoms with Gasteiger partial charge in [-0.3, -0.25) is 4.99 Å². The number of aliphatic imine (C=N–C) groups is 1. The molecule has 1 aliphatic heterocycles. The number of hydrogen-bond donors (Lipinski definition) is 2. The van der Waals surface area contributed by atoms with Gasteiger partial charge in [-0.15, -0.1) is 0 Å². The fourth-order valence-corrected chi connectivity index (χ4v) is 2.43. The highest BCUT2D eigenvalue weighted by Crippen LogP contribution is 2.31. The minimum absolute atomic E-state index is 0.0623. The number of nitrogen functional groups attached to an aromatic ring is 1. The molecule has 1 aliphatic rings. The highest BCUT2D eigenvalue weighted by molar-refractivity contribution is 6.01. The maximum Gasteiger partial charge on any atom is 0.153 e. The number of ether oxygens (including phenoxy) is 1. The molecular formula is C16H26N4O. The summed E-state index contributed by atoms with van der Waals surface area (Å²) in [4.78, 5) is 7.06. The van der Waals surface area contributed by atoms with E-state index >= 15 is 0 Å². The van der Waals surface area contributed by atoms with Gasteiger partial charge in [0.25, 0.3) is 0 Å². The maximum absolute atomic E-state index is 5.86. The molecule has 0 spiro atoms. The summed E-state index contributed by atoms with van der Waals surface area (Å²) in [6, 6.07) is 5.64. The Morgan fingerprint density at radius 3 is 2.81 bits per heavy atom. The molecule has 0 amide bonds. The first-order chi connectivity index (χ1) is 10.1. The quantitative estimate of drug-likeness (QED) is 0.624. The third-order valence-corrected chi connectivity index (χ3v) is 3.77. The third kappa shape index (κ3) is 4.11. The van der Waals surface area contributed by atoms with Gasteiger partial charge < -0.3 is 20.7 Å². The molecule has 5 nitrogen and oxygen atoms in total. The monoisotopic (exact) mass is 290 g/mol. The van der Waals surface area contributed by atoms with Gasteiger partial charge in [-0.1, -0.05) is 13.8 Å². The lowest BCUT2D eigenvalue weighted by atomic mass is 10.2. The lowest BCUT2D eigenvalue weighted by Crippen LogP contribution is -2.35. The average molecular weight is 290 g/mol. The summed E-state index contributed by atoms with van der Waals surface area (Å²) in [5.41, 5.74) is 7.42. The molecule has 0 aliphatic carbocycles. The molecule has 5 heteroatoms. The Hall–Kier alpha value is -1.75. The van der Waals surface area contributed by atoms with Crippen LogP contribution in [-0.4, -0.2) is 43.0 Å². The van der Waals surface area contributed by atoms with E-state index in [1.165, 1.54) is 0 Å². The van der Waals surface area contributed by atoms with E-state index < -0.39 is 0 Å². The van der Waals surface area contributed by atoms with E-state index in [0.29, 0.717) is 5.69 Å². The van der Waals surface area contributed by atoms with Gasteiger partial charge in [0.2, 0.25) is 0 Å². The SMILES string of the molecule is CCN(CC)CCCN=C1Nc2ccc(N)cc2OC1C. The summed E-state index contributed by atoms with van der Waals surface area (Å²) < 4.78 is 5.86. The van der Waals surface area contributed by atoms with Gasteiger partial charge in [-0.2, -0.15) is 0 Å². The number of rotatable bonds is 6. The van der Waals surface area contributed by atoms with Crippen LogP contribution in [0, 0.1) is 0 Å². The van der Waals surface area contributed by atoms with Crippen molar-refractivity contribution in [3.8, 4) is 5.75 Å². The molecule has 1 heterocycles. The van der Waals surface area contributed by atoms with Crippen LogP contribution in [0.15, 0.2) is 23.2 Å². The molecule has 0 radical (unpaired) electrons. The molecule has 1 aromatic rings. The van der Waals surface area contributed by atoms with Gasteiger partial charge in [0.1, 0.15) is 11.6 Å². The van der Waals surface area contributed by atoms with Crippen LogP contribution >= 0.6 is 0 Å². The molecule has 0 saturated carbocycles. The molecule has 0 fully saturated rings.